The Morgan fingerprint density at radius 2 is 2.00 bits per heavy atom. The topological polar surface area (TPSA) is 75.6 Å². The van der Waals surface area contributed by atoms with Crippen LogP contribution in [0.2, 0.25) is 0 Å². The highest BCUT2D eigenvalue weighted by Gasteiger charge is 2.21. The molecule has 1 amide bonds. The second-order valence-electron chi connectivity index (χ2n) is 5.14. The predicted octanol–water partition coefficient (Wildman–Crippen LogP) is 2.72. The Morgan fingerprint density at radius 3 is 2.67 bits per heavy atom. The van der Waals surface area contributed by atoms with Crippen molar-refractivity contribution in [2.24, 2.45) is 0 Å². The highest BCUT2D eigenvalue weighted by Crippen LogP contribution is 2.21. The summed E-state index contributed by atoms with van der Waals surface area (Å²) in [6.45, 7) is -2.68. The average Bonchev–Trinajstić information content (AvgIpc) is 3.26. The van der Waals surface area contributed by atoms with Gasteiger partial charge in [-0.15, -0.1) is 0 Å². The SMILES string of the molecule is O=C(N[C@H](Cc1nccn1C(F)F)c1ccccc1)c1ccn[nH]1. The van der Waals surface area contributed by atoms with Crippen molar-refractivity contribution in [3.8, 4) is 0 Å². The summed E-state index contributed by atoms with van der Waals surface area (Å²) in [5.74, 6) is -0.166. The lowest BCUT2D eigenvalue weighted by molar-refractivity contribution is 0.0665. The Kier molecular flexibility index (Phi) is 4.64. The molecule has 6 nitrogen and oxygen atoms in total. The van der Waals surface area contributed by atoms with E-state index in [0.29, 0.717) is 5.69 Å². The van der Waals surface area contributed by atoms with Crippen LogP contribution in [-0.2, 0) is 6.42 Å². The van der Waals surface area contributed by atoms with E-state index in [1.807, 2.05) is 30.3 Å². The molecule has 2 N–H and O–H groups in total. The summed E-state index contributed by atoms with van der Waals surface area (Å²) in [6.07, 6.45) is 4.15. The number of carbonyl (C=O) groups excluding carboxylic acids is 1. The van der Waals surface area contributed by atoms with Crippen molar-refractivity contribution in [2.45, 2.75) is 19.0 Å². The molecule has 2 aromatic heterocycles. The normalized spacial score (nSPS) is 12.3. The van der Waals surface area contributed by atoms with Gasteiger partial charge in [0.1, 0.15) is 11.5 Å². The molecular weight excluding hydrogens is 316 g/mol. The van der Waals surface area contributed by atoms with Gasteiger partial charge in [-0.3, -0.25) is 14.5 Å². The molecule has 0 aliphatic heterocycles. The van der Waals surface area contributed by atoms with Gasteiger partial charge in [0.05, 0.1) is 6.04 Å². The fraction of sp³-hybridized carbons (Fsp3) is 0.188. The second-order valence-corrected chi connectivity index (χ2v) is 5.14. The Bertz CT molecular complexity index is 786. The Labute approximate surface area is 136 Å². The van der Waals surface area contributed by atoms with Gasteiger partial charge in [-0.25, -0.2) is 4.98 Å². The first-order valence-corrected chi connectivity index (χ1v) is 7.30. The molecule has 124 valence electrons. The van der Waals surface area contributed by atoms with Gasteiger partial charge in [-0.2, -0.15) is 13.9 Å². The maximum Gasteiger partial charge on any atom is 0.319 e. The van der Waals surface area contributed by atoms with Crippen molar-refractivity contribution in [3.63, 3.8) is 0 Å². The van der Waals surface area contributed by atoms with Crippen molar-refractivity contribution in [1.29, 1.82) is 0 Å². The molecule has 0 fully saturated rings. The van der Waals surface area contributed by atoms with Crippen molar-refractivity contribution >= 4 is 5.91 Å². The van der Waals surface area contributed by atoms with Crippen LogP contribution in [-0.4, -0.2) is 25.7 Å². The fourth-order valence-corrected chi connectivity index (χ4v) is 2.42. The van der Waals surface area contributed by atoms with Crippen LogP contribution in [0.4, 0.5) is 8.78 Å². The number of rotatable bonds is 6. The molecule has 2 heterocycles. The van der Waals surface area contributed by atoms with E-state index in [1.165, 1.54) is 24.7 Å². The second kappa shape index (κ2) is 7.03. The molecule has 0 saturated carbocycles. The lowest BCUT2D eigenvalue weighted by atomic mass is 10.0. The largest absolute Gasteiger partial charge is 0.343 e. The number of aromatic amines is 1. The van der Waals surface area contributed by atoms with Gasteiger partial charge in [-0.1, -0.05) is 30.3 Å². The number of nitrogens with zero attached hydrogens (tertiary/aromatic N) is 3. The first-order chi connectivity index (χ1) is 11.6. The summed E-state index contributed by atoms with van der Waals surface area (Å²) in [6, 6.07) is 10.2. The Morgan fingerprint density at radius 1 is 1.21 bits per heavy atom. The minimum absolute atomic E-state index is 0.140. The number of halogens is 2. The monoisotopic (exact) mass is 331 g/mol. The van der Waals surface area contributed by atoms with Gasteiger partial charge < -0.3 is 5.32 Å². The third-order valence-corrected chi connectivity index (χ3v) is 3.60. The summed E-state index contributed by atoms with van der Waals surface area (Å²) < 4.78 is 26.8. The van der Waals surface area contributed by atoms with Crippen LogP contribution in [0, 0.1) is 0 Å². The molecule has 1 aromatic carbocycles. The molecular formula is C16H15F2N5O. The number of carbonyl (C=O) groups is 1. The molecule has 3 aromatic rings. The number of hydrogen-bond donors (Lipinski definition) is 2. The minimum Gasteiger partial charge on any atom is -0.343 e. The average molecular weight is 331 g/mol. The quantitative estimate of drug-likeness (QED) is 0.729. The molecule has 0 aliphatic rings. The smallest absolute Gasteiger partial charge is 0.319 e. The summed E-state index contributed by atoms with van der Waals surface area (Å²) in [4.78, 5) is 16.3. The van der Waals surface area contributed by atoms with E-state index in [1.54, 1.807) is 0 Å². The molecule has 0 unspecified atom stereocenters. The molecule has 0 spiro atoms. The van der Waals surface area contributed by atoms with Crippen LogP contribution in [0.1, 0.15) is 34.5 Å². The summed E-state index contributed by atoms with van der Waals surface area (Å²) in [5, 5.41) is 9.15. The number of alkyl halides is 2. The Balaban J connectivity index is 1.85. The van der Waals surface area contributed by atoms with Crippen molar-refractivity contribution < 1.29 is 13.6 Å². The van der Waals surface area contributed by atoms with E-state index in [0.717, 1.165) is 10.1 Å². The predicted molar refractivity (Wildman–Crippen MR) is 82.4 cm³/mol. The van der Waals surface area contributed by atoms with Gasteiger partial charge in [0.2, 0.25) is 0 Å². The maximum absolute atomic E-state index is 13.0. The maximum atomic E-state index is 13.0. The molecule has 0 saturated heterocycles. The van der Waals surface area contributed by atoms with E-state index in [-0.39, 0.29) is 18.2 Å². The third-order valence-electron chi connectivity index (χ3n) is 3.60. The number of aromatic nitrogens is 4. The Hall–Kier alpha value is -3.03. The first-order valence-electron chi connectivity index (χ1n) is 7.30. The fourth-order valence-electron chi connectivity index (χ4n) is 2.42. The molecule has 0 radical (unpaired) electrons. The van der Waals surface area contributed by atoms with E-state index >= 15 is 0 Å². The van der Waals surface area contributed by atoms with Crippen LogP contribution < -0.4 is 5.32 Å². The number of nitrogens with one attached hydrogen (secondary N) is 2. The van der Waals surface area contributed by atoms with Crippen LogP contribution in [0.15, 0.2) is 55.0 Å². The van der Waals surface area contributed by atoms with Crippen LogP contribution in [0.3, 0.4) is 0 Å². The molecule has 24 heavy (non-hydrogen) atoms. The van der Waals surface area contributed by atoms with Crippen LogP contribution in [0.5, 0.6) is 0 Å². The molecule has 0 aliphatic carbocycles. The molecule has 1 atom stereocenters. The standard InChI is InChI=1S/C16H15F2N5O/c17-16(18)23-9-8-19-14(23)10-13(11-4-2-1-3-5-11)21-15(24)12-6-7-20-22-12/h1-9,13,16H,10H2,(H,20,22)(H,21,24)/t13-/m1/s1. The molecule has 8 heteroatoms. The van der Waals surface area contributed by atoms with E-state index in [2.05, 4.69) is 20.5 Å². The molecule has 0 bridgehead atoms. The van der Waals surface area contributed by atoms with Crippen molar-refractivity contribution in [2.75, 3.05) is 0 Å². The zero-order valence-corrected chi connectivity index (χ0v) is 12.6. The van der Waals surface area contributed by atoms with E-state index in [9.17, 15) is 13.6 Å². The van der Waals surface area contributed by atoms with Gasteiger partial charge in [-0.05, 0) is 11.6 Å². The van der Waals surface area contributed by atoms with Gasteiger partial charge in [0.25, 0.3) is 5.91 Å². The minimum atomic E-state index is -2.68. The number of hydrogen-bond acceptors (Lipinski definition) is 3. The zero-order valence-electron chi connectivity index (χ0n) is 12.6. The summed E-state index contributed by atoms with van der Waals surface area (Å²) in [7, 11) is 0. The van der Waals surface area contributed by atoms with E-state index in [4.69, 9.17) is 0 Å². The third kappa shape index (κ3) is 3.48. The zero-order chi connectivity index (χ0) is 16.9. The summed E-state index contributed by atoms with van der Waals surface area (Å²) in [5.41, 5.74) is 1.10. The summed E-state index contributed by atoms with van der Waals surface area (Å²) >= 11 is 0. The lowest BCUT2D eigenvalue weighted by Crippen LogP contribution is -2.31. The van der Waals surface area contributed by atoms with Crippen molar-refractivity contribution in [1.82, 2.24) is 25.1 Å². The van der Waals surface area contributed by atoms with Crippen molar-refractivity contribution in [3.05, 3.63) is 72.1 Å². The van der Waals surface area contributed by atoms with E-state index < -0.39 is 12.6 Å². The van der Waals surface area contributed by atoms with Gasteiger partial charge >= 0.3 is 6.55 Å². The highest BCUT2D eigenvalue weighted by molar-refractivity contribution is 5.92. The number of benzene rings is 1. The van der Waals surface area contributed by atoms with Gasteiger partial charge in [0.15, 0.2) is 0 Å². The number of imidazole rings is 1. The lowest BCUT2D eigenvalue weighted by Gasteiger charge is -2.19. The molecule has 3 rings (SSSR count). The number of H-pyrrole nitrogens is 1. The van der Waals surface area contributed by atoms with Crippen LogP contribution >= 0.6 is 0 Å². The number of amides is 1. The van der Waals surface area contributed by atoms with Gasteiger partial charge in [0, 0.05) is 25.0 Å². The van der Waals surface area contributed by atoms with Crippen LogP contribution in [0.25, 0.3) is 0 Å². The first kappa shape index (κ1) is 15.9. The highest BCUT2D eigenvalue weighted by atomic mass is 19.3.